The van der Waals surface area contributed by atoms with Crippen LogP contribution < -0.4 is 9.47 Å². The van der Waals surface area contributed by atoms with Crippen molar-refractivity contribution in [1.82, 2.24) is 14.4 Å². The van der Waals surface area contributed by atoms with Crippen LogP contribution in [0.2, 0.25) is 0 Å². The SMILES string of the molecule is COc1ccc(-c2noc(CN(C)S(=O)(=O)c3ccc(F)cc3)n2)cc1OC. The third kappa shape index (κ3) is 3.97. The molecule has 10 heteroatoms. The number of rotatable bonds is 7. The Morgan fingerprint density at radius 1 is 1.07 bits per heavy atom. The van der Waals surface area contributed by atoms with Crippen molar-refractivity contribution in [2.24, 2.45) is 0 Å². The zero-order valence-electron chi connectivity index (χ0n) is 15.4. The van der Waals surface area contributed by atoms with Crippen molar-refractivity contribution in [3.8, 4) is 22.9 Å². The molecule has 0 aliphatic rings. The summed E-state index contributed by atoms with van der Waals surface area (Å²) in [6, 6.07) is 9.69. The first-order chi connectivity index (χ1) is 13.3. The Morgan fingerprint density at radius 2 is 1.75 bits per heavy atom. The number of halogens is 1. The molecule has 8 nitrogen and oxygen atoms in total. The van der Waals surface area contributed by atoms with Crippen molar-refractivity contribution >= 4 is 10.0 Å². The summed E-state index contributed by atoms with van der Waals surface area (Å²) in [5, 5.41) is 3.88. The smallest absolute Gasteiger partial charge is 0.243 e. The standard InChI is InChI=1S/C18H18FN3O5S/c1-22(28(23,24)14-7-5-13(19)6-8-14)11-17-20-18(21-27-17)12-4-9-15(25-2)16(10-12)26-3/h4-10H,11H2,1-3H3. The predicted molar refractivity (Wildman–Crippen MR) is 97.9 cm³/mol. The lowest BCUT2D eigenvalue weighted by Gasteiger charge is -2.14. The Kier molecular flexibility index (Phi) is 5.61. The third-order valence-corrected chi connectivity index (χ3v) is 5.81. The first-order valence-corrected chi connectivity index (χ1v) is 9.56. The fourth-order valence-electron chi connectivity index (χ4n) is 2.47. The maximum Gasteiger partial charge on any atom is 0.243 e. The molecule has 1 heterocycles. The Labute approximate surface area is 161 Å². The molecule has 3 rings (SSSR count). The normalized spacial score (nSPS) is 11.6. The van der Waals surface area contributed by atoms with E-state index in [1.807, 2.05) is 0 Å². The predicted octanol–water partition coefficient (Wildman–Crippen LogP) is 2.71. The minimum Gasteiger partial charge on any atom is -0.493 e. The average molecular weight is 407 g/mol. The van der Waals surface area contributed by atoms with Gasteiger partial charge in [0.1, 0.15) is 5.82 Å². The van der Waals surface area contributed by atoms with Crippen LogP contribution in [0.3, 0.4) is 0 Å². The summed E-state index contributed by atoms with van der Waals surface area (Å²) in [6.07, 6.45) is 0. The summed E-state index contributed by atoms with van der Waals surface area (Å²) in [6.45, 7) is -0.139. The molecular formula is C18H18FN3O5S. The number of aromatic nitrogens is 2. The molecule has 0 N–H and O–H groups in total. The highest BCUT2D eigenvalue weighted by Crippen LogP contribution is 2.31. The Hall–Kier alpha value is -2.98. The second-order valence-corrected chi connectivity index (χ2v) is 7.84. The van der Waals surface area contributed by atoms with Crippen molar-refractivity contribution < 1.29 is 26.8 Å². The molecule has 0 radical (unpaired) electrons. The maximum atomic E-state index is 13.0. The van der Waals surface area contributed by atoms with Crippen molar-refractivity contribution in [2.45, 2.75) is 11.4 Å². The van der Waals surface area contributed by atoms with E-state index >= 15 is 0 Å². The second-order valence-electron chi connectivity index (χ2n) is 5.80. The Balaban J connectivity index is 1.80. The summed E-state index contributed by atoms with van der Waals surface area (Å²) in [4.78, 5) is 4.20. The van der Waals surface area contributed by atoms with Gasteiger partial charge in [-0.15, -0.1) is 0 Å². The number of hydrogen-bond donors (Lipinski definition) is 0. The molecule has 0 bridgehead atoms. The molecule has 0 amide bonds. The number of nitrogens with zero attached hydrogens (tertiary/aromatic N) is 3. The van der Waals surface area contributed by atoms with Crippen molar-refractivity contribution in [3.05, 3.63) is 54.2 Å². The molecule has 148 valence electrons. The van der Waals surface area contributed by atoms with E-state index in [0.29, 0.717) is 17.1 Å². The van der Waals surface area contributed by atoms with E-state index in [4.69, 9.17) is 14.0 Å². The topological polar surface area (TPSA) is 94.8 Å². The molecule has 0 saturated carbocycles. The van der Waals surface area contributed by atoms with Gasteiger partial charge in [-0.2, -0.15) is 9.29 Å². The molecule has 0 atom stereocenters. The lowest BCUT2D eigenvalue weighted by molar-refractivity contribution is 0.336. The van der Waals surface area contributed by atoms with Crippen LogP contribution in [0, 0.1) is 5.82 Å². The van der Waals surface area contributed by atoms with Crippen LogP contribution in [0.15, 0.2) is 51.9 Å². The highest BCUT2D eigenvalue weighted by Gasteiger charge is 2.23. The van der Waals surface area contributed by atoms with E-state index in [9.17, 15) is 12.8 Å². The van der Waals surface area contributed by atoms with Crippen LogP contribution in [-0.2, 0) is 16.6 Å². The number of benzene rings is 2. The van der Waals surface area contributed by atoms with Crippen LogP contribution in [0.25, 0.3) is 11.4 Å². The van der Waals surface area contributed by atoms with Crippen LogP contribution in [-0.4, -0.2) is 44.1 Å². The van der Waals surface area contributed by atoms with Crippen LogP contribution in [0.1, 0.15) is 5.89 Å². The van der Waals surface area contributed by atoms with E-state index in [0.717, 1.165) is 16.4 Å². The van der Waals surface area contributed by atoms with Gasteiger partial charge in [0, 0.05) is 12.6 Å². The molecule has 2 aromatic carbocycles. The third-order valence-electron chi connectivity index (χ3n) is 3.99. The van der Waals surface area contributed by atoms with Gasteiger partial charge in [0.05, 0.1) is 25.7 Å². The van der Waals surface area contributed by atoms with Gasteiger partial charge in [-0.3, -0.25) is 0 Å². The number of sulfonamides is 1. The molecule has 0 aliphatic heterocycles. The van der Waals surface area contributed by atoms with E-state index in [2.05, 4.69) is 10.1 Å². The molecule has 3 aromatic rings. The summed E-state index contributed by atoms with van der Waals surface area (Å²) in [5.41, 5.74) is 0.622. The van der Waals surface area contributed by atoms with E-state index in [1.165, 1.54) is 33.4 Å². The van der Waals surface area contributed by atoms with Gasteiger partial charge in [-0.1, -0.05) is 5.16 Å². The zero-order chi connectivity index (χ0) is 20.3. The minimum absolute atomic E-state index is 0.0315. The van der Waals surface area contributed by atoms with E-state index in [-0.39, 0.29) is 23.2 Å². The van der Waals surface area contributed by atoms with Gasteiger partial charge in [-0.05, 0) is 42.5 Å². The number of ether oxygens (including phenoxy) is 2. The number of hydrogen-bond acceptors (Lipinski definition) is 7. The van der Waals surface area contributed by atoms with E-state index < -0.39 is 15.8 Å². The summed E-state index contributed by atoms with van der Waals surface area (Å²) in [7, 11) is 0.589. The number of methoxy groups -OCH3 is 2. The van der Waals surface area contributed by atoms with Gasteiger partial charge < -0.3 is 14.0 Å². The zero-order valence-corrected chi connectivity index (χ0v) is 16.2. The van der Waals surface area contributed by atoms with Crippen LogP contribution >= 0.6 is 0 Å². The quantitative estimate of drug-likeness (QED) is 0.594. The van der Waals surface area contributed by atoms with Crippen molar-refractivity contribution in [3.63, 3.8) is 0 Å². The van der Waals surface area contributed by atoms with Gasteiger partial charge in [0.25, 0.3) is 0 Å². The molecule has 0 spiro atoms. The van der Waals surface area contributed by atoms with Gasteiger partial charge in [-0.25, -0.2) is 12.8 Å². The molecule has 0 saturated heterocycles. The molecular weight excluding hydrogens is 389 g/mol. The lowest BCUT2D eigenvalue weighted by Crippen LogP contribution is -2.26. The van der Waals surface area contributed by atoms with Crippen LogP contribution in [0.5, 0.6) is 11.5 Å². The minimum atomic E-state index is -3.83. The first-order valence-electron chi connectivity index (χ1n) is 8.12. The molecule has 1 aromatic heterocycles. The molecule has 28 heavy (non-hydrogen) atoms. The first kappa shape index (κ1) is 19.8. The molecule has 0 aliphatic carbocycles. The van der Waals surface area contributed by atoms with Gasteiger partial charge in [0.15, 0.2) is 11.5 Å². The van der Waals surface area contributed by atoms with Crippen LogP contribution in [0.4, 0.5) is 4.39 Å². The van der Waals surface area contributed by atoms with Gasteiger partial charge in [0.2, 0.25) is 21.7 Å². The van der Waals surface area contributed by atoms with Crippen molar-refractivity contribution in [2.75, 3.05) is 21.3 Å². The lowest BCUT2D eigenvalue weighted by atomic mass is 10.2. The van der Waals surface area contributed by atoms with E-state index in [1.54, 1.807) is 18.2 Å². The summed E-state index contributed by atoms with van der Waals surface area (Å²) < 4.78 is 54.8. The highest BCUT2D eigenvalue weighted by atomic mass is 32.2. The Morgan fingerprint density at radius 3 is 2.39 bits per heavy atom. The maximum absolute atomic E-state index is 13.0. The Bertz CT molecular complexity index is 1070. The fourth-order valence-corrected chi connectivity index (χ4v) is 3.59. The summed E-state index contributed by atoms with van der Waals surface area (Å²) >= 11 is 0. The largest absolute Gasteiger partial charge is 0.493 e. The molecule has 0 unspecified atom stereocenters. The monoisotopic (exact) mass is 407 g/mol. The van der Waals surface area contributed by atoms with Gasteiger partial charge >= 0.3 is 0 Å². The fraction of sp³-hybridized carbons (Fsp3) is 0.222. The van der Waals surface area contributed by atoms with Crippen molar-refractivity contribution in [1.29, 1.82) is 0 Å². The average Bonchev–Trinajstić information content (AvgIpc) is 3.16. The highest BCUT2D eigenvalue weighted by molar-refractivity contribution is 7.89. The molecule has 0 fully saturated rings. The summed E-state index contributed by atoms with van der Waals surface area (Å²) in [5.74, 6) is 0.932. The second kappa shape index (κ2) is 7.95.